The second kappa shape index (κ2) is 12.0. The Hall–Kier alpha value is -0.120. The summed E-state index contributed by atoms with van der Waals surface area (Å²) < 4.78 is 10.8. The van der Waals surface area contributed by atoms with Crippen LogP contribution in [0.5, 0.6) is 0 Å². The molecule has 1 N–H and O–H groups in total. The number of nitrogens with one attached hydrogen (secondary N) is 1. The van der Waals surface area contributed by atoms with E-state index in [0.29, 0.717) is 12.6 Å². The molecule has 3 nitrogen and oxygen atoms in total. The van der Waals surface area contributed by atoms with Crippen molar-refractivity contribution in [2.24, 2.45) is 0 Å². The molecule has 0 unspecified atom stereocenters. The third-order valence-corrected chi connectivity index (χ3v) is 2.06. The maximum atomic E-state index is 5.42. The zero-order valence-electron chi connectivity index (χ0n) is 10.6. The minimum atomic E-state index is 0.541. The van der Waals surface area contributed by atoms with Gasteiger partial charge in [-0.2, -0.15) is 0 Å². The molecular formula is C12H27NO2. The summed E-state index contributed by atoms with van der Waals surface area (Å²) in [5.41, 5.74) is 0. The van der Waals surface area contributed by atoms with Crippen LogP contribution < -0.4 is 5.32 Å². The van der Waals surface area contributed by atoms with E-state index in [1.165, 1.54) is 19.3 Å². The van der Waals surface area contributed by atoms with Gasteiger partial charge < -0.3 is 14.8 Å². The van der Waals surface area contributed by atoms with E-state index in [4.69, 9.17) is 9.47 Å². The quantitative estimate of drug-likeness (QED) is 0.538. The largest absolute Gasteiger partial charge is 0.379 e. The summed E-state index contributed by atoms with van der Waals surface area (Å²) >= 11 is 0. The SMILES string of the molecule is CCCCCOCCOCCNC(C)C. The molecule has 0 aliphatic heterocycles. The maximum absolute atomic E-state index is 5.42. The third kappa shape index (κ3) is 13.9. The number of rotatable bonds is 11. The van der Waals surface area contributed by atoms with E-state index in [1.807, 2.05) is 0 Å². The number of hydrogen-bond donors (Lipinski definition) is 1. The highest BCUT2D eigenvalue weighted by atomic mass is 16.5. The molecule has 3 heteroatoms. The lowest BCUT2D eigenvalue weighted by Gasteiger charge is -2.08. The maximum Gasteiger partial charge on any atom is 0.0701 e. The Bertz CT molecular complexity index is 118. The standard InChI is InChI=1S/C12H27NO2/c1-4-5-6-8-14-10-11-15-9-7-13-12(2)3/h12-13H,4-11H2,1-3H3. The van der Waals surface area contributed by atoms with Crippen LogP contribution in [0.1, 0.15) is 40.0 Å². The molecule has 92 valence electrons. The van der Waals surface area contributed by atoms with Gasteiger partial charge in [-0.1, -0.05) is 33.6 Å². The van der Waals surface area contributed by atoms with E-state index < -0.39 is 0 Å². The average molecular weight is 217 g/mol. The van der Waals surface area contributed by atoms with Crippen molar-refractivity contribution in [2.45, 2.75) is 46.1 Å². The summed E-state index contributed by atoms with van der Waals surface area (Å²) in [5, 5.41) is 3.30. The van der Waals surface area contributed by atoms with Gasteiger partial charge in [-0.3, -0.25) is 0 Å². The Kier molecular flexibility index (Phi) is 11.9. The van der Waals surface area contributed by atoms with Gasteiger partial charge in [0.05, 0.1) is 19.8 Å². The Morgan fingerprint density at radius 1 is 0.933 bits per heavy atom. The molecule has 15 heavy (non-hydrogen) atoms. The van der Waals surface area contributed by atoms with Crippen molar-refractivity contribution in [1.29, 1.82) is 0 Å². The molecule has 0 bridgehead atoms. The molecule has 0 aromatic rings. The lowest BCUT2D eigenvalue weighted by Crippen LogP contribution is -2.27. The lowest BCUT2D eigenvalue weighted by molar-refractivity contribution is 0.0471. The summed E-state index contributed by atoms with van der Waals surface area (Å²) in [6.07, 6.45) is 3.69. The first-order valence-electron chi connectivity index (χ1n) is 6.16. The molecule has 0 aliphatic carbocycles. The minimum Gasteiger partial charge on any atom is -0.379 e. The second-order valence-corrected chi connectivity index (χ2v) is 4.04. The average Bonchev–Trinajstić information content (AvgIpc) is 2.20. The van der Waals surface area contributed by atoms with Crippen LogP contribution in [0, 0.1) is 0 Å². The van der Waals surface area contributed by atoms with Crippen LogP contribution in [0.25, 0.3) is 0 Å². The number of ether oxygens (including phenoxy) is 2. The van der Waals surface area contributed by atoms with Gasteiger partial charge in [0.1, 0.15) is 0 Å². The molecule has 0 saturated heterocycles. The van der Waals surface area contributed by atoms with Gasteiger partial charge in [-0.15, -0.1) is 0 Å². The molecule has 0 radical (unpaired) electrons. The predicted octanol–water partition coefficient (Wildman–Crippen LogP) is 2.21. The first kappa shape index (κ1) is 14.9. The van der Waals surface area contributed by atoms with Crippen molar-refractivity contribution >= 4 is 0 Å². The fourth-order valence-electron chi connectivity index (χ4n) is 1.20. The fourth-order valence-corrected chi connectivity index (χ4v) is 1.20. The van der Waals surface area contributed by atoms with Crippen LogP contribution in [0.15, 0.2) is 0 Å². The molecule has 0 amide bonds. The molecule has 0 aromatic heterocycles. The van der Waals surface area contributed by atoms with Crippen molar-refractivity contribution in [3.63, 3.8) is 0 Å². The molecule has 0 aliphatic rings. The second-order valence-electron chi connectivity index (χ2n) is 4.04. The van der Waals surface area contributed by atoms with Crippen molar-refractivity contribution in [1.82, 2.24) is 5.32 Å². The fraction of sp³-hybridized carbons (Fsp3) is 1.00. The Balaban J connectivity index is 2.87. The summed E-state index contributed by atoms with van der Waals surface area (Å²) in [4.78, 5) is 0. The van der Waals surface area contributed by atoms with Crippen LogP contribution in [-0.2, 0) is 9.47 Å². The summed E-state index contributed by atoms with van der Waals surface area (Å²) in [7, 11) is 0. The third-order valence-electron chi connectivity index (χ3n) is 2.06. The highest BCUT2D eigenvalue weighted by Crippen LogP contribution is 1.93. The lowest BCUT2D eigenvalue weighted by atomic mass is 10.3. The smallest absolute Gasteiger partial charge is 0.0701 e. The Labute approximate surface area is 94.5 Å². The van der Waals surface area contributed by atoms with E-state index >= 15 is 0 Å². The van der Waals surface area contributed by atoms with E-state index in [1.54, 1.807) is 0 Å². The van der Waals surface area contributed by atoms with E-state index in [9.17, 15) is 0 Å². The van der Waals surface area contributed by atoms with Crippen molar-refractivity contribution in [3.05, 3.63) is 0 Å². The molecule has 0 aromatic carbocycles. The predicted molar refractivity (Wildman–Crippen MR) is 64.3 cm³/mol. The molecule has 0 spiro atoms. The molecule has 0 atom stereocenters. The zero-order valence-corrected chi connectivity index (χ0v) is 10.6. The minimum absolute atomic E-state index is 0.541. The van der Waals surface area contributed by atoms with Gasteiger partial charge in [0.2, 0.25) is 0 Å². The topological polar surface area (TPSA) is 30.5 Å². The monoisotopic (exact) mass is 217 g/mol. The van der Waals surface area contributed by atoms with Crippen molar-refractivity contribution in [2.75, 3.05) is 33.0 Å². The van der Waals surface area contributed by atoms with Gasteiger partial charge in [-0.05, 0) is 6.42 Å². The summed E-state index contributed by atoms with van der Waals surface area (Å²) in [6, 6.07) is 0.541. The van der Waals surface area contributed by atoms with E-state index in [0.717, 1.165) is 26.4 Å². The van der Waals surface area contributed by atoms with Crippen LogP contribution in [-0.4, -0.2) is 39.0 Å². The van der Waals surface area contributed by atoms with Crippen LogP contribution in [0.2, 0.25) is 0 Å². The highest BCUT2D eigenvalue weighted by molar-refractivity contribution is 4.50. The molecule has 0 fully saturated rings. The van der Waals surface area contributed by atoms with Crippen molar-refractivity contribution < 1.29 is 9.47 Å². The molecule has 0 saturated carbocycles. The first-order valence-corrected chi connectivity index (χ1v) is 6.16. The van der Waals surface area contributed by atoms with Crippen LogP contribution in [0.3, 0.4) is 0 Å². The van der Waals surface area contributed by atoms with Crippen molar-refractivity contribution in [3.8, 4) is 0 Å². The number of hydrogen-bond acceptors (Lipinski definition) is 3. The Morgan fingerprint density at radius 2 is 1.60 bits per heavy atom. The van der Waals surface area contributed by atoms with E-state index in [-0.39, 0.29) is 0 Å². The van der Waals surface area contributed by atoms with Crippen LogP contribution in [0.4, 0.5) is 0 Å². The van der Waals surface area contributed by atoms with Gasteiger partial charge in [-0.25, -0.2) is 0 Å². The Morgan fingerprint density at radius 3 is 2.20 bits per heavy atom. The van der Waals surface area contributed by atoms with Gasteiger partial charge in [0.25, 0.3) is 0 Å². The molecule has 0 rings (SSSR count). The molecule has 0 heterocycles. The van der Waals surface area contributed by atoms with E-state index in [2.05, 4.69) is 26.1 Å². The zero-order chi connectivity index (χ0) is 11.4. The molecular weight excluding hydrogens is 190 g/mol. The summed E-state index contributed by atoms with van der Waals surface area (Å²) in [5.74, 6) is 0. The van der Waals surface area contributed by atoms with Crippen LogP contribution >= 0.6 is 0 Å². The van der Waals surface area contributed by atoms with Gasteiger partial charge >= 0.3 is 0 Å². The van der Waals surface area contributed by atoms with Gasteiger partial charge in [0, 0.05) is 19.2 Å². The first-order chi connectivity index (χ1) is 7.27. The van der Waals surface area contributed by atoms with Gasteiger partial charge in [0.15, 0.2) is 0 Å². The summed E-state index contributed by atoms with van der Waals surface area (Å²) in [6.45, 7) is 10.5. The number of unbranched alkanes of at least 4 members (excludes halogenated alkanes) is 2. The highest BCUT2D eigenvalue weighted by Gasteiger charge is 1.92. The normalized spacial score (nSPS) is 11.2.